The summed E-state index contributed by atoms with van der Waals surface area (Å²) in [5.41, 5.74) is 1.86. The van der Waals surface area contributed by atoms with Gasteiger partial charge in [-0.25, -0.2) is 4.98 Å². The average Bonchev–Trinajstić information content (AvgIpc) is 2.72. The van der Waals surface area contributed by atoms with Gasteiger partial charge in [-0.1, -0.05) is 30.3 Å². The van der Waals surface area contributed by atoms with E-state index in [9.17, 15) is 14.4 Å². The molecule has 2 amide bonds. The number of fused-ring (bicyclic) bond motifs is 1. The molecule has 3 aromatic rings. The molecular formula is C23H26N4O3. The Labute approximate surface area is 175 Å². The molecular weight excluding hydrogens is 380 g/mol. The van der Waals surface area contributed by atoms with Crippen LogP contribution in [0.4, 0.5) is 0 Å². The van der Waals surface area contributed by atoms with Crippen LogP contribution in [-0.4, -0.2) is 39.3 Å². The third kappa shape index (κ3) is 4.92. The molecule has 0 radical (unpaired) electrons. The summed E-state index contributed by atoms with van der Waals surface area (Å²) in [6.45, 7) is 6.11. The second kappa shape index (κ2) is 9.35. The van der Waals surface area contributed by atoms with E-state index in [1.165, 1.54) is 0 Å². The summed E-state index contributed by atoms with van der Waals surface area (Å²) in [4.78, 5) is 46.3. The van der Waals surface area contributed by atoms with E-state index in [1.807, 2.05) is 45.0 Å². The van der Waals surface area contributed by atoms with E-state index in [1.54, 1.807) is 29.2 Å². The molecule has 1 aromatic heterocycles. The minimum atomic E-state index is -0.225. The second-order valence-corrected chi connectivity index (χ2v) is 7.47. The van der Waals surface area contributed by atoms with Crippen molar-refractivity contribution in [3.63, 3.8) is 0 Å². The number of aromatic nitrogens is 2. The van der Waals surface area contributed by atoms with Crippen molar-refractivity contribution in [3.8, 4) is 0 Å². The largest absolute Gasteiger partial charge is 0.352 e. The maximum atomic E-state index is 12.8. The first kappa shape index (κ1) is 21.2. The number of para-hydroxylation sites is 1. The number of amides is 2. The van der Waals surface area contributed by atoms with E-state index in [-0.39, 0.29) is 42.9 Å². The van der Waals surface area contributed by atoms with Crippen molar-refractivity contribution in [3.05, 3.63) is 75.8 Å². The lowest BCUT2D eigenvalue weighted by atomic mass is 10.1. The first-order valence-corrected chi connectivity index (χ1v) is 9.98. The van der Waals surface area contributed by atoms with E-state index in [4.69, 9.17) is 0 Å². The van der Waals surface area contributed by atoms with Crippen LogP contribution in [0.15, 0.2) is 53.3 Å². The van der Waals surface area contributed by atoms with Crippen LogP contribution in [0.1, 0.15) is 42.0 Å². The van der Waals surface area contributed by atoms with Crippen LogP contribution in [0.25, 0.3) is 10.9 Å². The molecule has 1 heterocycles. The van der Waals surface area contributed by atoms with Gasteiger partial charge in [0.25, 0.3) is 11.5 Å². The number of H-pyrrole nitrogens is 1. The van der Waals surface area contributed by atoms with Crippen molar-refractivity contribution in [1.29, 1.82) is 0 Å². The Morgan fingerprint density at radius 3 is 2.53 bits per heavy atom. The smallest absolute Gasteiger partial charge is 0.258 e. The van der Waals surface area contributed by atoms with Gasteiger partial charge in [0, 0.05) is 24.6 Å². The van der Waals surface area contributed by atoms with Crippen molar-refractivity contribution in [2.45, 2.75) is 39.8 Å². The Bertz CT molecular complexity index is 1120. The molecule has 0 aliphatic heterocycles. The average molecular weight is 406 g/mol. The van der Waals surface area contributed by atoms with E-state index < -0.39 is 0 Å². The number of carbonyl (C=O) groups is 2. The van der Waals surface area contributed by atoms with Gasteiger partial charge in [-0.15, -0.1) is 0 Å². The normalized spacial score (nSPS) is 10.9. The predicted octanol–water partition coefficient (Wildman–Crippen LogP) is 2.79. The number of hydrogen-bond acceptors (Lipinski definition) is 4. The minimum absolute atomic E-state index is 0.0821. The SMILES string of the molecule is Cc1ccccc1C(=O)NCCC(=O)N(Cc1nc2ccccc2c(=O)[nH]1)C(C)C. The fraction of sp³-hybridized carbons (Fsp3) is 0.304. The standard InChI is InChI=1S/C23H26N4O3/c1-15(2)27(14-20-25-19-11-7-6-10-18(19)23(30)26-20)21(28)12-13-24-22(29)17-9-5-4-8-16(17)3/h4-11,15H,12-14H2,1-3H3,(H,24,29)(H,25,26,30). The first-order chi connectivity index (χ1) is 14.4. The molecule has 0 unspecified atom stereocenters. The highest BCUT2D eigenvalue weighted by Crippen LogP contribution is 2.11. The van der Waals surface area contributed by atoms with Crippen molar-refractivity contribution >= 4 is 22.7 Å². The van der Waals surface area contributed by atoms with Gasteiger partial charge in [-0.05, 0) is 44.5 Å². The fourth-order valence-corrected chi connectivity index (χ4v) is 3.28. The van der Waals surface area contributed by atoms with Gasteiger partial charge in [0.15, 0.2) is 0 Å². The van der Waals surface area contributed by atoms with Gasteiger partial charge >= 0.3 is 0 Å². The van der Waals surface area contributed by atoms with Crippen LogP contribution >= 0.6 is 0 Å². The summed E-state index contributed by atoms with van der Waals surface area (Å²) in [6.07, 6.45) is 0.160. The van der Waals surface area contributed by atoms with E-state index in [0.29, 0.717) is 22.3 Å². The molecule has 0 atom stereocenters. The monoisotopic (exact) mass is 406 g/mol. The lowest BCUT2D eigenvalue weighted by molar-refractivity contribution is -0.133. The van der Waals surface area contributed by atoms with Gasteiger partial charge in [0.2, 0.25) is 5.91 Å². The number of aryl methyl sites for hydroxylation is 1. The maximum absolute atomic E-state index is 12.8. The highest BCUT2D eigenvalue weighted by Gasteiger charge is 2.19. The van der Waals surface area contributed by atoms with Crippen LogP contribution in [0.3, 0.4) is 0 Å². The van der Waals surface area contributed by atoms with Crippen LogP contribution in [-0.2, 0) is 11.3 Å². The Hall–Kier alpha value is -3.48. The fourth-order valence-electron chi connectivity index (χ4n) is 3.28. The molecule has 2 aromatic carbocycles. The summed E-state index contributed by atoms with van der Waals surface area (Å²) in [7, 11) is 0. The highest BCUT2D eigenvalue weighted by molar-refractivity contribution is 5.95. The predicted molar refractivity (Wildman–Crippen MR) is 116 cm³/mol. The number of hydrogen-bond donors (Lipinski definition) is 2. The molecule has 0 fully saturated rings. The molecule has 2 N–H and O–H groups in total. The maximum Gasteiger partial charge on any atom is 0.258 e. The first-order valence-electron chi connectivity index (χ1n) is 9.98. The molecule has 0 aliphatic rings. The lowest BCUT2D eigenvalue weighted by Gasteiger charge is -2.26. The molecule has 156 valence electrons. The molecule has 7 nitrogen and oxygen atoms in total. The molecule has 0 aliphatic carbocycles. The minimum Gasteiger partial charge on any atom is -0.352 e. The van der Waals surface area contributed by atoms with Gasteiger partial charge in [-0.2, -0.15) is 0 Å². The van der Waals surface area contributed by atoms with Crippen LogP contribution < -0.4 is 10.9 Å². The topological polar surface area (TPSA) is 95.2 Å². The molecule has 0 bridgehead atoms. The molecule has 3 rings (SSSR count). The summed E-state index contributed by atoms with van der Waals surface area (Å²) in [5, 5.41) is 3.32. The third-order valence-corrected chi connectivity index (χ3v) is 4.94. The zero-order chi connectivity index (χ0) is 21.7. The highest BCUT2D eigenvalue weighted by atomic mass is 16.2. The van der Waals surface area contributed by atoms with Crippen molar-refractivity contribution in [1.82, 2.24) is 20.2 Å². The van der Waals surface area contributed by atoms with Gasteiger partial charge in [0.1, 0.15) is 5.82 Å². The summed E-state index contributed by atoms with van der Waals surface area (Å²) < 4.78 is 0. The molecule has 30 heavy (non-hydrogen) atoms. The number of nitrogens with one attached hydrogen (secondary N) is 2. The zero-order valence-corrected chi connectivity index (χ0v) is 17.4. The Morgan fingerprint density at radius 1 is 1.10 bits per heavy atom. The van der Waals surface area contributed by atoms with Gasteiger partial charge in [0.05, 0.1) is 17.4 Å². The van der Waals surface area contributed by atoms with Crippen molar-refractivity contribution < 1.29 is 9.59 Å². The van der Waals surface area contributed by atoms with E-state index in [0.717, 1.165) is 5.56 Å². The van der Waals surface area contributed by atoms with Crippen LogP contribution in [0.2, 0.25) is 0 Å². The number of aromatic amines is 1. The van der Waals surface area contributed by atoms with Crippen LogP contribution in [0, 0.1) is 6.92 Å². The summed E-state index contributed by atoms with van der Waals surface area (Å²) >= 11 is 0. The molecule has 0 saturated carbocycles. The Kier molecular flexibility index (Phi) is 6.61. The third-order valence-electron chi connectivity index (χ3n) is 4.94. The molecule has 0 spiro atoms. The molecule has 7 heteroatoms. The van der Waals surface area contributed by atoms with Gasteiger partial charge < -0.3 is 15.2 Å². The van der Waals surface area contributed by atoms with Crippen molar-refractivity contribution in [2.75, 3.05) is 6.54 Å². The van der Waals surface area contributed by atoms with E-state index in [2.05, 4.69) is 15.3 Å². The second-order valence-electron chi connectivity index (χ2n) is 7.47. The summed E-state index contributed by atoms with van der Waals surface area (Å²) in [5.74, 6) is 0.119. The zero-order valence-electron chi connectivity index (χ0n) is 17.4. The van der Waals surface area contributed by atoms with Crippen molar-refractivity contribution in [2.24, 2.45) is 0 Å². The Morgan fingerprint density at radius 2 is 1.80 bits per heavy atom. The van der Waals surface area contributed by atoms with Crippen LogP contribution in [0.5, 0.6) is 0 Å². The lowest BCUT2D eigenvalue weighted by Crippen LogP contribution is -2.39. The number of carbonyl (C=O) groups excluding carboxylic acids is 2. The van der Waals surface area contributed by atoms with E-state index >= 15 is 0 Å². The van der Waals surface area contributed by atoms with Gasteiger partial charge in [-0.3, -0.25) is 14.4 Å². The summed E-state index contributed by atoms with van der Waals surface area (Å²) in [6, 6.07) is 14.3. The quantitative estimate of drug-likeness (QED) is 0.631. The Balaban J connectivity index is 1.65. The number of nitrogens with zero attached hydrogens (tertiary/aromatic N) is 2. The number of benzene rings is 2. The molecule has 0 saturated heterocycles. The number of rotatable bonds is 7.